The van der Waals surface area contributed by atoms with Crippen LogP contribution in [0.4, 0.5) is 17.3 Å². The maximum Gasteiger partial charge on any atom is 0.259 e. The van der Waals surface area contributed by atoms with Crippen molar-refractivity contribution in [2.24, 2.45) is 0 Å². The Labute approximate surface area is 185 Å². The minimum Gasteiger partial charge on any atom is -0.384 e. The van der Waals surface area contributed by atoms with E-state index >= 15 is 0 Å². The number of fused-ring (bicyclic) bond motifs is 1. The first-order valence-electron chi connectivity index (χ1n) is 10.6. The quantitative estimate of drug-likeness (QED) is 0.448. The molecule has 0 bridgehead atoms. The molecule has 0 atom stereocenters. The van der Waals surface area contributed by atoms with E-state index in [0.717, 1.165) is 48.5 Å². The van der Waals surface area contributed by atoms with Crippen molar-refractivity contribution >= 4 is 28.1 Å². The number of nitrogens with zero attached hydrogens (tertiary/aromatic N) is 3. The molecule has 0 unspecified atom stereocenters. The van der Waals surface area contributed by atoms with Crippen LogP contribution in [-0.2, 0) is 11.3 Å². The fraction of sp³-hybridized carbons (Fsp3) is 0.208. The first kappa shape index (κ1) is 20.0. The molecule has 8 nitrogen and oxygen atoms in total. The van der Waals surface area contributed by atoms with E-state index in [1.807, 2.05) is 18.2 Å². The van der Waals surface area contributed by atoms with Crippen LogP contribution >= 0.6 is 0 Å². The topological polar surface area (TPSA) is 109 Å². The summed E-state index contributed by atoms with van der Waals surface area (Å²) >= 11 is 0. The molecule has 1 aliphatic rings. The van der Waals surface area contributed by atoms with Crippen LogP contribution in [0.15, 0.2) is 65.7 Å². The number of hydrogen-bond acceptors (Lipinski definition) is 7. The monoisotopic (exact) mass is 428 g/mol. The van der Waals surface area contributed by atoms with Gasteiger partial charge in [0.1, 0.15) is 11.6 Å². The Morgan fingerprint density at radius 1 is 1.09 bits per heavy atom. The second-order valence-corrected chi connectivity index (χ2v) is 7.72. The van der Waals surface area contributed by atoms with Gasteiger partial charge in [-0.15, -0.1) is 0 Å². The van der Waals surface area contributed by atoms with E-state index in [4.69, 9.17) is 15.5 Å². The zero-order chi connectivity index (χ0) is 21.9. The summed E-state index contributed by atoms with van der Waals surface area (Å²) < 4.78 is 5.43. The molecule has 0 aliphatic carbocycles. The SMILES string of the molecule is Nc1ccc(-c2cc3cc[nH]c(=O)c3c(NCc3ccc(N4CCOCC4)cc3)n2)cn1. The van der Waals surface area contributed by atoms with E-state index in [1.54, 1.807) is 18.5 Å². The predicted octanol–water partition coefficient (Wildman–Crippen LogP) is 3.02. The van der Waals surface area contributed by atoms with Crippen molar-refractivity contribution in [1.82, 2.24) is 15.0 Å². The van der Waals surface area contributed by atoms with Gasteiger partial charge in [-0.25, -0.2) is 9.97 Å². The molecule has 0 saturated carbocycles. The molecule has 0 amide bonds. The molecule has 1 aliphatic heterocycles. The molecule has 1 aromatic carbocycles. The van der Waals surface area contributed by atoms with E-state index in [9.17, 15) is 4.79 Å². The first-order valence-corrected chi connectivity index (χ1v) is 10.6. The molecule has 0 spiro atoms. The highest BCUT2D eigenvalue weighted by Crippen LogP contribution is 2.26. The van der Waals surface area contributed by atoms with Crippen LogP contribution in [0, 0.1) is 0 Å². The van der Waals surface area contributed by atoms with E-state index in [1.165, 1.54) is 5.69 Å². The van der Waals surface area contributed by atoms with Crippen LogP contribution in [0.3, 0.4) is 0 Å². The number of anilines is 3. The van der Waals surface area contributed by atoms with Gasteiger partial charge >= 0.3 is 0 Å². The highest BCUT2D eigenvalue weighted by atomic mass is 16.5. The number of rotatable bonds is 5. The lowest BCUT2D eigenvalue weighted by Crippen LogP contribution is -2.36. The smallest absolute Gasteiger partial charge is 0.259 e. The minimum atomic E-state index is -0.179. The Bertz CT molecular complexity index is 1280. The average molecular weight is 428 g/mol. The predicted molar refractivity (Wildman–Crippen MR) is 127 cm³/mol. The van der Waals surface area contributed by atoms with E-state index in [0.29, 0.717) is 23.6 Å². The van der Waals surface area contributed by atoms with Crippen molar-refractivity contribution in [3.63, 3.8) is 0 Å². The number of nitrogens with one attached hydrogen (secondary N) is 2. The van der Waals surface area contributed by atoms with Crippen molar-refractivity contribution in [3.8, 4) is 11.3 Å². The van der Waals surface area contributed by atoms with E-state index in [2.05, 4.69) is 44.5 Å². The van der Waals surface area contributed by atoms with Gasteiger partial charge in [0.15, 0.2) is 0 Å². The number of ether oxygens (including phenoxy) is 1. The fourth-order valence-electron chi connectivity index (χ4n) is 3.88. The van der Waals surface area contributed by atoms with Crippen LogP contribution in [0.25, 0.3) is 22.0 Å². The first-order chi connectivity index (χ1) is 15.7. The van der Waals surface area contributed by atoms with Crippen molar-refractivity contribution in [3.05, 3.63) is 76.8 Å². The number of nitrogens with two attached hydrogens (primary N) is 1. The molecule has 1 fully saturated rings. The van der Waals surface area contributed by atoms with Crippen molar-refractivity contribution in [1.29, 1.82) is 0 Å². The molecule has 4 aromatic rings. The number of nitrogen functional groups attached to an aromatic ring is 1. The lowest BCUT2D eigenvalue weighted by molar-refractivity contribution is 0.122. The average Bonchev–Trinajstić information content (AvgIpc) is 2.84. The number of morpholine rings is 1. The molecule has 4 N–H and O–H groups in total. The molecule has 3 aromatic heterocycles. The Hall–Kier alpha value is -3.91. The number of aromatic nitrogens is 3. The fourth-order valence-corrected chi connectivity index (χ4v) is 3.88. The van der Waals surface area contributed by atoms with Gasteiger partial charge in [0.25, 0.3) is 5.56 Å². The molecule has 8 heteroatoms. The summed E-state index contributed by atoms with van der Waals surface area (Å²) in [6.07, 6.45) is 3.33. The summed E-state index contributed by atoms with van der Waals surface area (Å²) in [5.41, 5.74) is 9.38. The third kappa shape index (κ3) is 4.13. The lowest BCUT2D eigenvalue weighted by atomic mass is 10.1. The van der Waals surface area contributed by atoms with Gasteiger partial charge in [-0.3, -0.25) is 4.79 Å². The highest BCUT2D eigenvalue weighted by Gasteiger charge is 2.13. The van der Waals surface area contributed by atoms with Gasteiger partial charge in [-0.05, 0) is 47.3 Å². The number of benzene rings is 1. The van der Waals surface area contributed by atoms with Gasteiger partial charge in [0.2, 0.25) is 0 Å². The normalized spacial score (nSPS) is 13.9. The van der Waals surface area contributed by atoms with Crippen molar-refractivity contribution < 1.29 is 4.74 Å². The van der Waals surface area contributed by atoms with Gasteiger partial charge < -0.3 is 25.7 Å². The summed E-state index contributed by atoms with van der Waals surface area (Å²) in [6, 6.07) is 15.8. The molecule has 4 heterocycles. The van der Waals surface area contributed by atoms with Gasteiger partial charge in [0.05, 0.1) is 24.3 Å². The van der Waals surface area contributed by atoms with Gasteiger partial charge in [0, 0.05) is 43.3 Å². The molecule has 0 radical (unpaired) electrons. The maximum atomic E-state index is 12.5. The summed E-state index contributed by atoms with van der Waals surface area (Å²) in [5, 5.41) is 4.69. The number of pyridine rings is 3. The molecule has 162 valence electrons. The van der Waals surface area contributed by atoms with Gasteiger partial charge in [-0.1, -0.05) is 12.1 Å². The van der Waals surface area contributed by atoms with Crippen LogP contribution in [0.5, 0.6) is 0 Å². The summed E-state index contributed by atoms with van der Waals surface area (Å²) in [5.74, 6) is 0.985. The third-order valence-corrected chi connectivity index (χ3v) is 5.61. The van der Waals surface area contributed by atoms with Crippen LogP contribution in [0.1, 0.15) is 5.56 Å². The van der Waals surface area contributed by atoms with E-state index in [-0.39, 0.29) is 5.56 Å². The summed E-state index contributed by atoms with van der Waals surface area (Å²) in [6.45, 7) is 3.88. The number of aromatic amines is 1. The lowest BCUT2D eigenvalue weighted by Gasteiger charge is -2.28. The van der Waals surface area contributed by atoms with E-state index < -0.39 is 0 Å². The van der Waals surface area contributed by atoms with Gasteiger partial charge in [-0.2, -0.15) is 0 Å². The molecular formula is C24H24N6O2. The largest absolute Gasteiger partial charge is 0.384 e. The molecule has 32 heavy (non-hydrogen) atoms. The van der Waals surface area contributed by atoms with Crippen LogP contribution in [0.2, 0.25) is 0 Å². The minimum absolute atomic E-state index is 0.179. The second-order valence-electron chi connectivity index (χ2n) is 7.72. The number of H-pyrrole nitrogens is 1. The van der Waals surface area contributed by atoms with Crippen LogP contribution in [-0.4, -0.2) is 41.3 Å². The second kappa shape index (κ2) is 8.68. The number of hydrogen-bond donors (Lipinski definition) is 3. The Morgan fingerprint density at radius 2 is 1.91 bits per heavy atom. The summed E-state index contributed by atoms with van der Waals surface area (Å²) in [4.78, 5) is 26.5. The Balaban J connectivity index is 1.42. The van der Waals surface area contributed by atoms with Crippen molar-refractivity contribution in [2.45, 2.75) is 6.54 Å². The molecule has 5 rings (SSSR count). The Morgan fingerprint density at radius 3 is 2.66 bits per heavy atom. The molecular weight excluding hydrogens is 404 g/mol. The third-order valence-electron chi connectivity index (χ3n) is 5.61. The van der Waals surface area contributed by atoms with Crippen molar-refractivity contribution in [2.75, 3.05) is 42.3 Å². The maximum absolute atomic E-state index is 12.5. The Kier molecular flexibility index (Phi) is 5.43. The summed E-state index contributed by atoms with van der Waals surface area (Å²) in [7, 11) is 0. The zero-order valence-electron chi connectivity index (χ0n) is 17.5. The zero-order valence-corrected chi connectivity index (χ0v) is 17.5. The van der Waals surface area contributed by atoms with Crippen LogP contribution < -0.4 is 21.5 Å². The molecule has 1 saturated heterocycles. The highest BCUT2D eigenvalue weighted by molar-refractivity contribution is 5.93. The standard InChI is InChI=1S/C24H24N6O2/c25-21-6-3-18(15-27-21)20-13-17-7-8-26-24(31)22(17)23(29-20)28-14-16-1-4-19(5-2-16)30-9-11-32-12-10-30/h1-8,13,15H,9-12,14H2,(H2,25,27)(H,26,31)(H,28,29).